The summed E-state index contributed by atoms with van der Waals surface area (Å²) in [5, 5.41) is 0. The fourth-order valence-corrected chi connectivity index (χ4v) is 3.28. The molecular weight excluding hydrogens is 260 g/mol. The number of amides is 1. The van der Waals surface area contributed by atoms with Crippen molar-refractivity contribution in [1.29, 1.82) is 0 Å². The maximum absolute atomic E-state index is 12.4. The van der Waals surface area contributed by atoms with E-state index in [9.17, 15) is 4.79 Å². The molecule has 2 unspecified atom stereocenters. The van der Waals surface area contributed by atoms with Crippen LogP contribution in [0.25, 0.3) is 0 Å². The van der Waals surface area contributed by atoms with Crippen LogP contribution in [0, 0.1) is 18.8 Å². The Morgan fingerprint density at radius 3 is 2.33 bits per heavy atom. The minimum Gasteiger partial charge on any atom is -0.340 e. The Bertz CT molecular complexity index is 459. The van der Waals surface area contributed by atoms with Crippen LogP contribution in [0.4, 0.5) is 0 Å². The molecule has 1 aromatic carbocycles. The van der Waals surface area contributed by atoms with Gasteiger partial charge in [0.25, 0.3) is 5.91 Å². The number of carbonyl (C=O) groups excluding carboxylic acids is 1. The van der Waals surface area contributed by atoms with Gasteiger partial charge in [-0.3, -0.25) is 4.79 Å². The molecule has 1 saturated heterocycles. The molecule has 0 radical (unpaired) electrons. The molecule has 1 aliphatic heterocycles. The van der Waals surface area contributed by atoms with Gasteiger partial charge in [0.1, 0.15) is 0 Å². The van der Waals surface area contributed by atoms with E-state index in [0.717, 1.165) is 43.6 Å². The van der Waals surface area contributed by atoms with Crippen LogP contribution in [0.3, 0.4) is 0 Å². The molecule has 0 aliphatic carbocycles. The van der Waals surface area contributed by atoms with E-state index >= 15 is 0 Å². The molecule has 0 spiro atoms. The topological polar surface area (TPSA) is 23.6 Å². The van der Waals surface area contributed by atoms with Gasteiger partial charge in [0.2, 0.25) is 0 Å². The average molecular weight is 288 g/mol. The lowest BCUT2D eigenvalue weighted by molar-refractivity contribution is 0.0749. The highest BCUT2D eigenvalue weighted by atomic mass is 16.2. The maximum Gasteiger partial charge on any atom is 0.253 e. The van der Waals surface area contributed by atoms with Gasteiger partial charge in [0, 0.05) is 38.8 Å². The third-order valence-electron chi connectivity index (χ3n) is 4.34. The second-order valence-electron chi connectivity index (χ2n) is 6.80. The molecule has 1 aliphatic rings. The largest absolute Gasteiger partial charge is 0.340 e. The first-order valence-electron chi connectivity index (χ1n) is 8.00. The van der Waals surface area contributed by atoms with E-state index < -0.39 is 0 Å². The zero-order chi connectivity index (χ0) is 15.4. The van der Waals surface area contributed by atoms with Crippen LogP contribution in [-0.2, 0) is 0 Å². The van der Waals surface area contributed by atoms with Crippen LogP contribution >= 0.6 is 0 Å². The highest BCUT2D eigenvalue weighted by Crippen LogP contribution is 2.20. The van der Waals surface area contributed by atoms with Crippen LogP contribution in [-0.4, -0.2) is 48.9 Å². The van der Waals surface area contributed by atoms with E-state index in [0.29, 0.717) is 0 Å². The Balaban J connectivity index is 1.85. The molecule has 1 aromatic rings. The molecule has 1 amide bonds. The number of carbonyl (C=O) groups is 1. The fourth-order valence-electron chi connectivity index (χ4n) is 3.28. The Labute approximate surface area is 128 Å². The van der Waals surface area contributed by atoms with Gasteiger partial charge in [-0.15, -0.1) is 0 Å². The van der Waals surface area contributed by atoms with Crippen molar-refractivity contribution in [3.05, 3.63) is 35.4 Å². The summed E-state index contributed by atoms with van der Waals surface area (Å²) in [7, 11) is 1.90. The van der Waals surface area contributed by atoms with Gasteiger partial charge in [0.05, 0.1) is 0 Å². The molecule has 3 nitrogen and oxygen atoms in total. The molecule has 116 valence electrons. The number of piperidine rings is 1. The maximum atomic E-state index is 12.4. The summed E-state index contributed by atoms with van der Waals surface area (Å²) in [5.74, 6) is 1.66. The zero-order valence-corrected chi connectivity index (χ0v) is 13.8. The number of nitrogens with zero attached hydrogens (tertiary/aromatic N) is 2. The standard InChI is InChI=1S/C18H28N2O/c1-14-5-7-17(8-6-14)18(21)19(4)9-10-20-12-15(2)11-16(3)13-20/h5-8,15-16H,9-13H2,1-4H3. The van der Waals surface area contributed by atoms with Crippen molar-refractivity contribution in [3.63, 3.8) is 0 Å². The second-order valence-corrected chi connectivity index (χ2v) is 6.80. The monoisotopic (exact) mass is 288 g/mol. The normalized spacial score (nSPS) is 23.0. The minimum atomic E-state index is 0.119. The van der Waals surface area contributed by atoms with Crippen molar-refractivity contribution >= 4 is 5.91 Å². The number of benzene rings is 1. The summed E-state index contributed by atoms with van der Waals surface area (Å²) in [5.41, 5.74) is 1.97. The van der Waals surface area contributed by atoms with Gasteiger partial charge in [-0.1, -0.05) is 31.5 Å². The molecule has 0 saturated carbocycles. The van der Waals surface area contributed by atoms with Gasteiger partial charge in [-0.25, -0.2) is 0 Å². The number of hydrogen-bond donors (Lipinski definition) is 0. The Kier molecular flexibility index (Phi) is 5.40. The molecule has 2 rings (SSSR count). The number of likely N-dealkylation sites (tertiary alicyclic amines) is 1. The second kappa shape index (κ2) is 7.08. The molecule has 1 fully saturated rings. The molecule has 0 N–H and O–H groups in total. The third-order valence-corrected chi connectivity index (χ3v) is 4.34. The lowest BCUT2D eigenvalue weighted by Crippen LogP contribution is -2.43. The molecule has 0 aromatic heterocycles. The van der Waals surface area contributed by atoms with Crippen LogP contribution in [0.2, 0.25) is 0 Å². The van der Waals surface area contributed by atoms with Gasteiger partial charge in [-0.05, 0) is 37.3 Å². The van der Waals surface area contributed by atoms with E-state index in [2.05, 4.69) is 18.7 Å². The quantitative estimate of drug-likeness (QED) is 0.850. The van der Waals surface area contributed by atoms with Crippen LogP contribution in [0.1, 0.15) is 36.2 Å². The van der Waals surface area contributed by atoms with Crippen molar-refractivity contribution in [2.24, 2.45) is 11.8 Å². The predicted molar refractivity (Wildman–Crippen MR) is 87.5 cm³/mol. The van der Waals surface area contributed by atoms with Crippen molar-refractivity contribution < 1.29 is 4.79 Å². The molecule has 21 heavy (non-hydrogen) atoms. The Morgan fingerprint density at radius 1 is 1.19 bits per heavy atom. The molecular formula is C18H28N2O. The predicted octanol–water partition coefficient (Wildman–Crippen LogP) is 3.04. The highest BCUT2D eigenvalue weighted by molar-refractivity contribution is 5.94. The first-order chi connectivity index (χ1) is 9.95. The van der Waals surface area contributed by atoms with Crippen molar-refractivity contribution in [3.8, 4) is 0 Å². The third kappa shape index (κ3) is 4.57. The van der Waals surface area contributed by atoms with Gasteiger partial charge >= 0.3 is 0 Å². The lowest BCUT2D eigenvalue weighted by atomic mass is 9.92. The summed E-state index contributed by atoms with van der Waals surface area (Å²) in [6, 6.07) is 7.82. The number of aryl methyl sites for hydroxylation is 1. The van der Waals surface area contributed by atoms with Crippen LogP contribution in [0.15, 0.2) is 24.3 Å². The summed E-state index contributed by atoms with van der Waals surface area (Å²) in [6.45, 7) is 10.8. The van der Waals surface area contributed by atoms with E-state index in [1.165, 1.54) is 12.0 Å². The van der Waals surface area contributed by atoms with E-state index in [4.69, 9.17) is 0 Å². The molecule has 2 atom stereocenters. The molecule has 1 heterocycles. The number of likely N-dealkylation sites (N-methyl/N-ethyl adjacent to an activating group) is 1. The summed E-state index contributed by atoms with van der Waals surface area (Å²) in [4.78, 5) is 16.7. The molecule has 3 heteroatoms. The number of hydrogen-bond acceptors (Lipinski definition) is 2. The van der Waals surface area contributed by atoms with E-state index in [1.807, 2.05) is 43.1 Å². The SMILES string of the molecule is Cc1ccc(C(=O)N(C)CCN2CC(C)CC(C)C2)cc1. The number of rotatable bonds is 4. The van der Waals surface area contributed by atoms with Crippen molar-refractivity contribution in [2.75, 3.05) is 33.2 Å². The van der Waals surface area contributed by atoms with E-state index in [-0.39, 0.29) is 5.91 Å². The van der Waals surface area contributed by atoms with Gasteiger partial charge < -0.3 is 9.80 Å². The van der Waals surface area contributed by atoms with Gasteiger partial charge in [0.15, 0.2) is 0 Å². The highest BCUT2D eigenvalue weighted by Gasteiger charge is 2.22. The first kappa shape index (κ1) is 16.0. The van der Waals surface area contributed by atoms with Crippen molar-refractivity contribution in [2.45, 2.75) is 27.2 Å². The lowest BCUT2D eigenvalue weighted by Gasteiger charge is -2.35. The first-order valence-corrected chi connectivity index (χ1v) is 8.00. The van der Waals surface area contributed by atoms with Crippen LogP contribution in [0.5, 0.6) is 0 Å². The van der Waals surface area contributed by atoms with Crippen molar-refractivity contribution in [1.82, 2.24) is 9.80 Å². The molecule has 0 bridgehead atoms. The zero-order valence-electron chi connectivity index (χ0n) is 13.8. The van der Waals surface area contributed by atoms with E-state index in [1.54, 1.807) is 0 Å². The van der Waals surface area contributed by atoms with Gasteiger partial charge in [-0.2, -0.15) is 0 Å². The minimum absolute atomic E-state index is 0.119. The Hall–Kier alpha value is -1.35. The summed E-state index contributed by atoms with van der Waals surface area (Å²) < 4.78 is 0. The fraction of sp³-hybridized carbons (Fsp3) is 0.611. The average Bonchev–Trinajstić information content (AvgIpc) is 2.44. The smallest absolute Gasteiger partial charge is 0.253 e. The van der Waals surface area contributed by atoms with Crippen LogP contribution < -0.4 is 0 Å². The Morgan fingerprint density at radius 2 is 1.76 bits per heavy atom. The summed E-state index contributed by atoms with van der Waals surface area (Å²) >= 11 is 0. The summed E-state index contributed by atoms with van der Waals surface area (Å²) in [6.07, 6.45) is 1.33.